The molecule has 0 aromatic carbocycles. The maximum absolute atomic E-state index is 11.6. The molecule has 1 rings (SSSR count). The van der Waals surface area contributed by atoms with Crippen LogP contribution in [-0.4, -0.2) is 49.0 Å². The van der Waals surface area contributed by atoms with E-state index >= 15 is 0 Å². The monoisotopic (exact) mass is 296 g/mol. The van der Waals surface area contributed by atoms with E-state index in [0.29, 0.717) is 11.5 Å². The van der Waals surface area contributed by atoms with E-state index in [1.807, 2.05) is 0 Å². The summed E-state index contributed by atoms with van der Waals surface area (Å²) in [6.07, 6.45) is 0. The lowest BCUT2D eigenvalue weighted by atomic mass is 10.3. The van der Waals surface area contributed by atoms with E-state index in [9.17, 15) is 14.4 Å². The molecule has 1 aromatic rings. The largest absolute Gasteiger partial charge is 0.465 e. The predicted molar refractivity (Wildman–Crippen MR) is 76.3 cm³/mol. The Morgan fingerprint density at radius 2 is 1.57 bits per heavy atom. The minimum atomic E-state index is -0.458. The Balaban J connectivity index is 2.85. The molecule has 0 spiro atoms. The fraction of sp³-hybridized carbons (Fsp3) is 0.500. The Morgan fingerprint density at radius 1 is 1.05 bits per heavy atom. The van der Waals surface area contributed by atoms with E-state index in [0.717, 1.165) is 0 Å². The van der Waals surface area contributed by atoms with Crippen molar-refractivity contribution < 1.29 is 23.9 Å². The number of aromatic amines is 1. The Labute approximate surface area is 123 Å². The number of carbonyl (C=O) groups excluding carboxylic acids is 3. The zero-order valence-electron chi connectivity index (χ0n) is 12.5. The van der Waals surface area contributed by atoms with Crippen LogP contribution in [0.1, 0.15) is 31.3 Å². The standard InChI is InChI=1S/C14H20N2O5/c1-4-20-13(18)8-16(9-14(19)21-5-2)12-7-6-11(15-12)10(3)17/h6-7,15H,4-5,8-9H2,1-3H3. The highest BCUT2D eigenvalue weighted by Crippen LogP contribution is 2.14. The molecular formula is C14H20N2O5. The van der Waals surface area contributed by atoms with Crippen LogP contribution in [0.3, 0.4) is 0 Å². The first-order valence-corrected chi connectivity index (χ1v) is 6.74. The van der Waals surface area contributed by atoms with Crippen LogP contribution in [0.15, 0.2) is 12.1 Å². The van der Waals surface area contributed by atoms with Crippen LogP contribution in [-0.2, 0) is 19.1 Å². The van der Waals surface area contributed by atoms with Gasteiger partial charge in [0.1, 0.15) is 18.9 Å². The number of anilines is 1. The SMILES string of the molecule is CCOC(=O)CN(CC(=O)OCC)c1ccc(C(C)=O)[nH]1. The number of ketones is 1. The van der Waals surface area contributed by atoms with Crippen molar-refractivity contribution in [3.05, 3.63) is 17.8 Å². The Bertz CT molecular complexity index is 489. The van der Waals surface area contributed by atoms with Crippen molar-refractivity contribution in [3.8, 4) is 0 Å². The van der Waals surface area contributed by atoms with Gasteiger partial charge in [-0.15, -0.1) is 0 Å². The van der Waals surface area contributed by atoms with E-state index in [-0.39, 0.29) is 32.1 Å². The molecule has 116 valence electrons. The summed E-state index contributed by atoms with van der Waals surface area (Å²) in [6.45, 7) is 5.14. The number of ether oxygens (including phenoxy) is 2. The van der Waals surface area contributed by atoms with Gasteiger partial charge in [-0.2, -0.15) is 0 Å². The maximum atomic E-state index is 11.6. The van der Waals surface area contributed by atoms with Crippen molar-refractivity contribution >= 4 is 23.5 Å². The van der Waals surface area contributed by atoms with Crippen LogP contribution < -0.4 is 4.90 Å². The van der Waals surface area contributed by atoms with Crippen LogP contribution >= 0.6 is 0 Å². The molecule has 7 nitrogen and oxygen atoms in total. The third-order valence-corrected chi connectivity index (χ3v) is 2.64. The topological polar surface area (TPSA) is 88.7 Å². The number of aromatic nitrogens is 1. The average Bonchev–Trinajstić information content (AvgIpc) is 2.88. The predicted octanol–water partition coefficient (Wildman–Crippen LogP) is 1.15. The lowest BCUT2D eigenvalue weighted by Gasteiger charge is -2.21. The Morgan fingerprint density at radius 3 is 1.95 bits per heavy atom. The second-order valence-electron chi connectivity index (χ2n) is 4.28. The van der Waals surface area contributed by atoms with Gasteiger partial charge in [0.25, 0.3) is 0 Å². The lowest BCUT2D eigenvalue weighted by Crippen LogP contribution is -2.36. The molecule has 0 atom stereocenters. The quantitative estimate of drug-likeness (QED) is 0.572. The van der Waals surface area contributed by atoms with Gasteiger partial charge < -0.3 is 19.4 Å². The third-order valence-electron chi connectivity index (χ3n) is 2.64. The molecule has 0 aliphatic rings. The van der Waals surface area contributed by atoms with Gasteiger partial charge in [-0.3, -0.25) is 14.4 Å². The molecule has 1 aromatic heterocycles. The molecule has 0 amide bonds. The summed E-state index contributed by atoms with van der Waals surface area (Å²) in [5.74, 6) is -0.559. The van der Waals surface area contributed by atoms with Crippen LogP contribution in [0, 0.1) is 0 Å². The Hall–Kier alpha value is -2.31. The number of Topliss-reactive ketones (excluding diaryl/α,β-unsaturated/α-hetero) is 1. The zero-order valence-corrected chi connectivity index (χ0v) is 12.5. The van der Waals surface area contributed by atoms with Gasteiger partial charge in [-0.25, -0.2) is 0 Å². The van der Waals surface area contributed by atoms with Crippen molar-refractivity contribution in [2.45, 2.75) is 20.8 Å². The van der Waals surface area contributed by atoms with E-state index in [2.05, 4.69) is 4.98 Å². The smallest absolute Gasteiger partial charge is 0.325 e. The van der Waals surface area contributed by atoms with Gasteiger partial charge in [0, 0.05) is 6.92 Å². The molecule has 0 saturated heterocycles. The third kappa shape index (κ3) is 5.29. The van der Waals surface area contributed by atoms with Crippen LogP contribution in [0.5, 0.6) is 0 Å². The van der Waals surface area contributed by atoms with E-state index in [1.165, 1.54) is 11.8 Å². The van der Waals surface area contributed by atoms with Gasteiger partial charge >= 0.3 is 11.9 Å². The highest BCUT2D eigenvalue weighted by Gasteiger charge is 2.18. The fourth-order valence-electron chi connectivity index (χ4n) is 1.72. The first kappa shape index (κ1) is 16.7. The van der Waals surface area contributed by atoms with Crippen molar-refractivity contribution in [3.63, 3.8) is 0 Å². The second kappa shape index (κ2) is 8.08. The second-order valence-corrected chi connectivity index (χ2v) is 4.28. The summed E-state index contributed by atoms with van der Waals surface area (Å²) in [7, 11) is 0. The van der Waals surface area contributed by atoms with E-state index < -0.39 is 11.9 Å². The summed E-state index contributed by atoms with van der Waals surface area (Å²) in [6, 6.07) is 3.23. The number of esters is 2. The zero-order chi connectivity index (χ0) is 15.8. The molecule has 0 saturated carbocycles. The number of H-pyrrole nitrogens is 1. The summed E-state index contributed by atoms with van der Waals surface area (Å²) >= 11 is 0. The van der Waals surface area contributed by atoms with Crippen molar-refractivity contribution in [1.29, 1.82) is 0 Å². The van der Waals surface area contributed by atoms with Crippen molar-refractivity contribution in [1.82, 2.24) is 4.98 Å². The summed E-state index contributed by atoms with van der Waals surface area (Å²) < 4.78 is 9.75. The summed E-state index contributed by atoms with van der Waals surface area (Å²) in [5.41, 5.74) is 0.405. The molecule has 0 aliphatic heterocycles. The maximum Gasteiger partial charge on any atom is 0.325 e. The van der Waals surface area contributed by atoms with Gasteiger partial charge in [0.15, 0.2) is 5.78 Å². The van der Waals surface area contributed by atoms with Crippen molar-refractivity contribution in [2.75, 3.05) is 31.2 Å². The molecule has 0 fully saturated rings. The highest BCUT2D eigenvalue weighted by molar-refractivity contribution is 5.93. The average molecular weight is 296 g/mol. The fourth-order valence-corrected chi connectivity index (χ4v) is 1.72. The van der Waals surface area contributed by atoms with Gasteiger partial charge in [-0.05, 0) is 26.0 Å². The van der Waals surface area contributed by atoms with E-state index in [4.69, 9.17) is 9.47 Å². The van der Waals surface area contributed by atoms with E-state index in [1.54, 1.807) is 26.0 Å². The molecule has 7 heteroatoms. The molecular weight excluding hydrogens is 276 g/mol. The summed E-state index contributed by atoms with van der Waals surface area (Å²) in [4.78, 5) is 38.9. The number of nitrogens with zero attached hydrogens (tertiary/aromatic N) is 1. The number of hydrogen-bond donors (Lipinski definition) is 1. The van der Waals surface area contributed by atoms with Gasteiger partial charge in [0.2, 0.25) is 0 Å². The number of nitrogens with one attached hydrogen (secondary N) is 1. The minimum absolute atomic E-state index is 0.107. The molecule has 0 aliphatic carbocycles. The summed E-state index contributed by atoms with van der Waals surface area (Å²) in [5, 5.41) is 0. The normalized spacial score (nSPS) is 10.0. The van der Waals surface area contributed by atoms with Gasteiger partial charge in [-0.1, -0.05) is 0 Å². The van der Waals surface area contributed by atoms with Crippen LogP contribution in [0.25, 0.3) is 0 Å². The Kier molecular flexibility index (Phi) is 6.45. The van der Waals surface area contributed by atoms with Crippen molar-refractivity contribution in [2.24, 2.45) is 0 Å². The van der Waals surface area contributed by atoms with Crippen LogP contribution in [0.2, 0.25) is 0 Å². The molecule has 0 unspecified atom stereocenters. The molecule has 21 heavy (non-hydrogen) atoms. The lowest BCUT2D eigenvalue weighted by molar-refractivity contribution is -0.142. The van der Waals surface area contributed by atoms with Crippen LogP contribution in [0.4, 0.5) is 5.82 Å². The molecule has 0 radical (unpaired) electrons. The highest BCUT2D eigenvalue weighted by atomic mass is 16.5. The molecule has 0 bridgehead atoms. The minimum Gasteiger partial charge on any atom is -0.465 e. The first-order valence-electron chi connectivity index (χ1n) is 6.74. The molecule has 1 heterocycles. The number of rotatable bonds is 8. The number of hydrogen-bond acceptors (Lipinski definition) is 6. The number of carbonyl (C=O) groups is 3. The molecule has 1 N–H and O–H groups in total. The van der Waals surface area contributed by atoms with Gasteiger partial charge in [0.05, 0.1) is 18.9 Å². The first-order chi connectivity index (χ1) is 9.97.